The number of ether oxygens (including phenoxy) is 1. The van der Waals surface area contributed by atoms with Gasteiger partial charge in [-0.3, -0.25) is 4.79 Å². The highest BCUT2D eigenvalue weighted by atomic mass is 16.5. The van der Waals surface area contributed by atoms with Crippen molar-refractivity contribution in [2.75, 3.05) is 0 Å². The summed E-state index contributed by atoms with van der Waals surface area (Å²) in [6, 6.07) is 3.48. The second-order valence-electron chi connectivity index (χ2n) is 9.84. The van der Waals surface area contributed by atoms with Crippen molar-refractivity contribution >= 4 is 11.8 Å². The smallest absolute Gasteiger partial charge is 0.312 e. The van der Waals surface area contributed by atoms with Crippen LogP contribution < -0.4 is 4.74 Å². The van der Waals surface area contributed by atoms with E-state index in [2.05, 4.69) is 30.5 Å². The minimum Gasteiger partial charge on any atom is -0.500 e. The fourth-order valence-electron chi connectivity index (χ4n) is 5.32. The second-order valence-corrected chi connectivity index (χ2v) is 9.84. The SMILES string of the molecule is [C-]#[N+]c1nc(-c2nnn(C)c2Cn2cc(CC3CCCC3)nn2)ccc1O[C@H]1CCC[C@H](C(=O)O)C1. The van der Waals surface area contributed by atoms with Crippen molar-refractivity contribution in [1.82, 2.24) is 35.0 Å². The Kier molecular flexibility index (Phi) is 6.93. The zero-order valence-corrected chi connectivity index (χ0v) is 20.4. The van der Waals surface area contributed by atoms with Crippen molar-refractivity contribution in [3.8, 4) is 17.1 Å². The summed E-state index contributed by atoms with van der Waals surface area (Å²) in [5, 5.41) is 26.5. The number of hydrogen-bond acceptors (Lipinski definition) is 7. The minimum atomic E-state index is -0.796. The van der Waals surface area contributed by atoms with Gasteiger partial charge in [-0.05, 0) is 50.2 Å². The molecule has 2 fully saturated rings. The molecular weight excluding hydrogens is 460 g/mol. The molecule has 3 aromatic heterocycles. The van der Waals surface area contributed by atoms with Crippen molar-refractivity contribution in [2.24, 2.45) is 18.9 Å². The lowest BCUT2D eigenvalue weighted by Gasteiger charge is -2.27. The maximum atomic E-state index is 11.4. The number of carbonyl (C=O) groups is 1. The van der Waals surface area contributed by atoms with Gasteiger partial charge in [0, 0.05) is 13.2 Å². The van der Waals surface area contributed by atoms with Crippen molar-refractivity contribution < 1.29 is 14.6 Å². The first-order valence-corrected chi connectivity index (χ1v) is 12.6. The number of aliphatic carboxylic acids is 1. The van der Waals surface area contributed by atoms with Crippen LogP contribution in [0.1, 0.15) is 62.8 Å². The van der Waals surface area contributed by atoms with Gasteiger partial charge >= 0.3 is 11.8 Å². The van der Waals surface area contributed by atoms with E-state index in [-0.39, 0.29) is 11.9 Å². The molecule has 0 unspecified atom stereocenters. The molecular formula is C25H30N8O3. The molecule has 2 aliphatic carbocycles. The van der Waals surface area contributed by atoms with Gasteiger partial charge in [-0.15, -0.1) is 15.2 Å². The summed E-state index contributed by atoms with van der Waals surface area (Å²) in [6.45, 7) is 8.06. The van der Waals surface area contributed by atoms with Crippen molar-refractivity contribution in [3.05, 3.63) is 41.1 Å². The number of pyridine rings is 1. The molecule has 11 heteroatoms. The Morgan fingerprint density at radius 3 is 2.78 bits per heavy atom. The molecule has 5 rings (SSSR count). The minimum absolute atomic E-state index is 0.126. The van der Waals surface area contributed by atoms with Crippen LogP contribution in [0.5, 0.6) is 5.75 Å². The second kappa shape index (κ2) is 10.4. The van der Waals surface area contributed by atoms with Crippen LogP contribution in [-0.4, -0.2) is 52.2 Å². The first-order valence-electron chi connectivity index (χ1n) is 12.6. The molecule has 0 spiro atoms. The molecule has 188 valence electrons. The van der Waals surface area contributed by atoms with Gasteiger partial charge in [0.25, 0.3) is 0 Å². The number of carboxylic acids is 1. The first kappa shape index (κ1) is 23.9. The van der Waals surface area contributed by atoms with E-state index in [0.29, 0.717) is 42.4 Å². The van der Waals surface area contributed by atoms with E-state index in [1.807, 2.05) is 13.2 Å². The molecule has 0 radical (unpaired) electrons. The molecule has 0 aliphatic heterocycles. The van der Waals surface area contributed by atoms with Crippen LogP contribution in [0.15, 0.2) is 18.3 Å². The van der Waals surface area contributed by atoms with Crippen LogP contribution in [0.4, 0.5) is 5.82 Å². The lowest BCUT2D eigenvalue weighted by molar-refractivity contribution is -0.143. The third kappa shape index (κ3) is 5.22. The Labute approximate surface area is 209 Å². The number of aromatic nitrogens is 7. The van der Waals surface area contributed by atoms with Crippen LogP contribution in [-0.2, 0) is 24.8 Å². The molecule has 0 saturated heterocycles. The van der Waals surface area contributed by atoms with Gasteiger partial charge in [-0.25, -0.2) is 9.36 Å². The molecule has 0 bridgehead atoms. The molecule has 3 heterocycles. The largest absolute Gasteiger partial charge is 0.500 e. The zero-order valence-electron chi connectivity index (χ0n) is 20.4. The Morgan fingerprint density at radius 1 is 1.17 bits per heavy atom. The van der Waals surface area contributed by atoms with Crippen LogP contribution in [0.2, 0.25) is 0 Å². The van der Waals surface area contributed by atoms with Crippen LogP contribution in [0.25, 0.3) is 16.2 Å². The Balaban J connectivity index is 1.32. The summed E-state index contributed by atoms with van der Waals surface area (Å²) in [7, 11) is 1.82. The molecule has 11 nitrogen and oxygen atoms in total. The highest BCUT2D eigenvalue weighted by molar-refractivity contribution is 5.70. The van der Waals surface area contributed by atoms with Gasteiger partial charge in [-0.2, -0.15) is 0 Å². The highest BCUT2D eigenvalue weighted by Gasteiger charge is 2.29. The lowest BCUT2D eigenvalue weighted by atomic mass is 9.87. The third-order valence-corrected chi connectivity index (χ3v) is 7.27. The quantitative estimate of drug-likeness (QED) is 0.473. The summed E-state index contributed by atoms with van der Waals surface area (Å²) in [6.07, 6.45) is 10.5. The summed E-state index contributed by atoms with van der Waals surface area (Å²) >= 11 is 0. The van der Waals surface area contributed by atoms with E-state index in [0.717, 1.165) is 30.7 Å². The van der Waals surface area contributed by atoms with Gasteiger partial charge < -0.3 is 14.7 Å². The average Bonchev–Trinajstić information content (AvgIpc) is 3.63. The normalized spacial score (nSPS) is 20.3. The predicted octanol–water partition coefficient (Wildman–Crippen LogP) is 3.82. The molecule has 0 amide bonds. The summed E-state index contributed by atoms with van der Waals surface area (Å²) in [4.78, 5) is 19.5. The third-order valence-electron chi connectivity index (χ3n) is 7.27. The number of nitrogens with zero attached hydrogens (tertiary/aromatic N) is 8. The van der Waals surface area contributed by atoms with Crippen molar-refractivity contribution in [1.29, 1.82) is 0 Å². The van der Waals surface area contributed by atoms with E-state index in [1.165, 1.54) is 25.7 Å². The Morgan fingerprint density at radius 2 is 2.00 bits per heavy atom. The van der Waals surface area contributed by atoms with Crippen molar-refractivity contribution in [3.63, 3.8) is 0 Å². The summed E-state index contributed by atoms with van der Waals surface area (Å²) < 4.78 is 9.51. The van der Waals surface area contributed by atoms with Crippen LogP contribution in [0, 0.1) is 18.4 Å². The van der Waals surface area contributed by atoms with E-state index < -0.39 is 11.9 Å². The maximum absolute atomic E-state index is 11.4. The molecule has 2 aliphatic rings. The van der Waals surface area contributed by atoms with Crippen molar-refractivity contribution in [2.45, 2.75) is 70.4 Å². The lowest BCUT2D eigenvalue weighted by Crippen LogP contribution is -2.29. The highest BCUT2D eigenvalue weighted by Crippen LogP contribution is 2.34. The molecule has 36 heavy (non-hydrogen) atoms. The molecule has 2 saturated carbocycles. The van der Waals surface area contributed by atoms with Crippen LogP contribution in [0.3, 0.4) is 0 Å². The first-order chi connectivity index (χ1) is 17.5. The standard InChI is InChI=1S/C25H30N8O3/c1-26-24-22(36-19-9-5-8-17(13-19)25(34)35)11-10-20(27-24)23-21(32(2)30-29-23)15-33-14-18(28-31-33)12-16-6-3-4-7-16/h10-11,14,16-17,19H,3-9,12-13,15H2,2H3,(H,34,35)/t17-,19-/m0/s1. The number of hydrogen-bond donors (Lipinski definition) is 1. The maximum Gasteiger partial charge on any atom is 0.312 e. The number of rotatable bonds is 8. The van der Waals surface area contributed by atoms with Gasteiger partial charge in [0.1, 0.15) is 5.75 Å². The van der Waals surface area contributed by atoms with Gasteiger partial charge in [0.15, 0.2) is 11.4 Å². The van der Waals surface area contributed by atoms with Crippen LogP contribution >= 0.6 is 0 Å². The van der Waals surface area contributed by atoms with Gasteiger partial charge in [0.2, 0.25) is 0 Å². The monoisotopic (exact) mass is 490 g/mol. The van der Waals surface area contributed by atoms with Gasteiger partial charge in [0.05, 0.1) is 30.0 Å². The van der Waals surface area contributed by atoms with E-state index in [9.17, 15) is 9.90 Å². The molecule has 0 aromatic carbocycles. The van der Waals surface area contributed by atoms with E-state index in [1.54, 1.807) is 21.5 Å². The molecule has 1 N–H and O–H groups in total. The number of carboxylic acid groups (broad SMARTS) is 1. The predicted molar refractivity (Wildman–Crippen MR) is 129 cm³/mol. The van der Waals surface area contributed by atoms with Gasteiger partial charge in [-0.1, -0.05) is 42.7 Å². The average molecular weight is 491 g/mol. The fourth-order valence-corrected chi connectivity index (χ4v) is 5.32. The zero-order chi connectivity index (χ0) is 25.1. The topological polar surface area (TPSA) is 125 Å². The fraction of sp³-hybridized carbons (Fsp3) is 0.560. The number of aryl methyl sites for hydroxylation is 1. The Bertz CT molecular complexity index is 1270. The Hall–Kier alpha value is -3.81. The molecule has 3 aromatic rings. The van der Waals surface area contributed by atoms with E-state index >= 15 is 0 Å². The summed E-state index contributed by atoms with van der Waals surface area (Å²) in [5.41, 5.74) is 2.91. The summed E-state index contributed by atoms with van der Waals surface area (Å²) in [5.74, 6) is -0.0192. The molecule has 2 atom stereocenters. The van der Waals surface area contributed by atoms with E-state index in [4.69, 9.17) is 11.3 Å².